The topological polar surface area (TPSA) is 64.9 Å². The SMILES string of the molecule is COCCn1cc(Nc2ncncc2I)cn1. The minimum atomic E-state index is 0.645. The van der Waals surface area contributed by atoms with Crippen LogP contribution >= 0.6 is 22.6 Å². The maximum absolute atomic E-state index is 4.99. The fourth-order valence-corrected chi connectivity index (χ4v) is 1.71. The molecule has 0 amide bonds. The molecule has 17 heavy (non-hydrogen) atoms. The second-order valence-corrected chi connectivity index (χ2v) is 4.49. The predicted octanol–water partition coefficient (Wildman–Crippen LogP) is 1.67. The van der Waals surface area contributed by atoms with E-state index in [9.17, 15) is 0 Å². The molecule has 6 nitrogen and oxygen atoms in total. The highest BCUT2D eigenvalue weighted by atomic mass is 127. The number of anilines is 2. The molecule has 0 radical (unpaired) electrons. The van der Waals surface area contributed by atoms with Crippen molar-refractivity contribution in [3.63, 3.8) is 0 Å². The molecule has 0 aliphatic carbocycles. The number of nitrogens with zero attached hydrogens (tertiary/aromatic N) is 4. The Labute approximate surface area is 113 Å². The van der Waals surface area contributed by atoms with Crippen molar-refractivity contribution < 1.29 is 4.74 Å². The summed E-state index contributed by atoms with van der Waals surface area (Å²) >= 11 is 2.18. The number of aromatic nitrogens is 4. The number of ether oxygens (including phenoxy) is 1. The molecule has 0 atom stereocenters. The molecule has 0 saturated carbocycles. The summed E-state index contributed by atoms with van der Waals surface area (Å²) in [5.74, 6) is 0.784. The largest absolute Gasteiger partial charge is 0.383 e. The van der Waals surface area contributed by atoms with Crippen molar-refractivity contribution in [3.05, 3.63) is 28.5 Å². The summed E-state index contributed by atoms with van der Waals surface area (Å²) in [4.78, 5) is 8.09. The Morgan fingerprint density at radius 3 is 3.12 bits per heavy atom. The number of methoxy groups -OCH3 is 1. The molecule has 7 heteroatoms. The van der Waals surface area contributed by atoms with Crippen LogP contribution in [-0.4, -0.2) is 33.5 Å². The van der Waals surface area contributed by atoms with Gasteiger partial charge in [-0.25, -0.2) is 9.97 Å². The first-order valence-electron chi connectivity index (χ1n) is 5.03. The van der Waals surface area contributed by atoms with Crippen LogP contribution in [0.15, 0.2) is 24.9 Å². The first kappa shape index (κ1) is 12.2. The van der Waals surface area contributed by atoms with Crippen LogP contribution in [0.1, 0.15) is 0 Å². The van der Waals surface area contributed by atoms with Gasteiger partial charge in [-0.2, -0.15) is 5.10 Å². The fraction of sp³-hybridized carbons (Fsp3) is 0.300. The number of hydrogen-bond acceptors (Lipinski definition) is 5. The summed E-state index contributed by atoms with van der Waals surface area (Å²) in [6, 6.07) is 0. The minimum absolute atomic E-state index is 0.645. The quantitative estimate of drug-likeness (QED) is 0.836. The molecule has 0 aliphatic rings. The van der Waals surface area contributed by atoms with E-state index in [2.05, 4.69) is 43.0 Å². The van der Waals surface area contributed by atoms with Gasteiger partial charge in [-0.15, -0.1) is 0 Å². The summed E-state index contributed by atoms with van der Waals surface area (Å²) in [5.41, 5.74) is 0.901. The minimum Gasteiger partial charge on any atom is -0.383 e. The van der Waals surface area contributed by atoms with E-state index in [4.69, 9.17) is 4.74 Å². The van der Waals surface area contributed by atoms with Crippen molar-refractivity contribution in [1.29, 1.82) is 0 Å². The van der Waals surface area contributed by atoms with Crippen LogP contribution in [0.3, 0.4) is 0 Å². The van der Waals surface area contributed by atoms with Crippen LogP contribution in [0, 0.1) is 3.57 Å². The van der Waals surface area contributed by atoms with Crippen LogP contribution < -0.4 is 5.32 Å². The summed E-state index contributed by atoms with van der Waals surface area (Å²) in [7, 11) is 1.67. The lowest BCUT2D eigenvalue weighted by atomic mass is 10.5. The van der Waals surface area contributed by atoms with Crippen LogP contribution in [0.5, 0.6) is 0 Å². The monoisotopic (exact) mass is 345 g/mol. The molecular weight excluding hydrogens is 333 g/mol. The first-order valence-corrected chi connectivity index (χ1v) is 6.11. The number of hydrogen-bond donors (Lipinski definition) is 1. The number of rotatable bonds is 5. The Bertz CT molecular complexity index is 487. The first-order chi connectivity index (χ1) is 8.29. The molecule has 2 aromatic heterocycles. The van der Waals surface area contributed by atoms with Crippen molar-refractivity contribution in [1.82, 2.24) is 19.7 Å². The van der Waals surface area contributed by atoms with E-state index in [1.165, 1.54) is 6.33 Å². The molecule has 1 N–H and O–H groups in total. The lowest BCUT2D eigenvalue weighted by Gasteiger charge is -2.03. The summed E-state index contributed by atoms with van der Waals surface area (Å²) in [6.45, 7) is 1.38. The van der Waals surface area contributed by atoms with Crippen LogP contribution in [-0.2, 0) is 11.3 Å². The second-order valence-electron chi connectivity index (χ2n) is 3.33. The van der Waals surface area contributed by atoms with E-state index in [1.54, 1.807) is 19.5 Å². The zero-order valence-electron chi connectivity index (χ0n) is 9.30. The molecule has 0 fully saturated rings. The van der Waals surface area contributed by atoms with Gasteiger partial charge in [0.15, 0.2) is 0 Å². The summed E-state index contributed by atoms with van der Waals surface area (Å²) < 4.78 is 7.78. The lowest BCUT2D eigenvalue weighted by Crippen LogP contribution is -2.04. The third-order valence-electron chi connectivity index (χ3n) is 2.09. The normalized spacial score (nSPS) is 10.5. The Morgan fingerprint density at radius 2 is 2.35 bits per heavy atom. The highest BCUT2D eigenvalue weighted by molar-refractivity contribution is 14.1. The highest BCUT2D eigenvalue weighted by Crippen LogP contribution is 2.18. The van der Waals surface area contributed by atoms with Gasteiger partial charge in [-0.1, -0.05) is 0 Å². The Balaban J connectivity index is 2.04. The molecule has 0 aliphatic heterocycles. The average Bonchev–Trinajstić information content (AvgIpc) is 2.77. The number of halogens is 1. The molecule has 0 spiro atoms. The third-order valence-corrected chi connectivity index (χ3v) is 2.88. The van der Waals surface area contributed by atoms with Crippen molar-refractivity contribution >= 4 is 34.1 Å². The van der Waals surface area contributed by atoms with Gasteiger partial charge in [0.1, 0.15) is 12.1 Å². The fourth-order valence-electron chi connectivity index (χ4n) is 1.28. The third kappa shape index (κ3) is 3.37. The predicted molar refractivity (Wildman–Crippen MR) is 72.1 cm³/mol. The Kier molecular flexibility index (Phi) is 4.26. The van der Waals surface area contributed by atoms with Gasteiger partial charge < -0.3 is 10.1 Å². The zero-order valence-corrected chi connectivity index (χ0v) is 11.5. The smallest absolute Gasteiger partial charge is 0.147 e. The number of nitrogens with one attached hydrogen (secondary N) is 1. The van der Waals surface area contributed by atoms with Gasteiger partial charge in [-0.3, -0.25) is 4.68 Å². The van der Waals surface area contributed by atoms with Crippen LogP contribution in [0.2, 0.25) is 0 Å². The van der Waals surface area contributed by atoms with Gasteiger partial charge >= 0.3 is 0 Å². The maximum atomic E-state index is 4.99. The Hall–Kier alpha value is -1.22. The highest BCUT2D eigenvalue weighted by Gasteiger charge is 2.03. The average molecular weight is 345 g/mol. The molecule has 2 rings (SSSR count). The van der Waals surface area contributed by atoms with E-state index in [0.29, 0.717) is 6.61 Å². The van der Waals surface area contributed by atoms with E-state index < -0.39 is 0 Å². The molecule has 0 unspecified atom stereocenters. The molecule has 2 aromatic rings. The van der Waals surface area contributed by atoms with E-state index in [0.717, 1.165) is 21.6 Å². The van der Waals surface area contributed by atoms with Crippen LogP contribution in [0.25, 0.3) is 0 Å². The van der Waals surface area contributed by atoms with Crippen molar-refractivity contribution in [3.8, 4) is 0 Å². The van der Waals surface area contributed by atoms with E-state index >= 15 is 0 Å². The zero-order chi connectivity index (χ0) is 12.1. The molecule has 0 aromatic carbocycles. The summed E-state index contributed by atoms with van der Waals surface area (Å²) in [6.07, 6.45) is 6.94. The van der Waals surface area contributed by atoms with Gasteiger partial charge in [0, 0.05) is 19.5 Å². The standard InChI is InChI=1S/C10H12IN5O/c1-17-3-2-16-6-8(4-14-16)15-10-9(11)5-12-7-13-10/h4-7H,2-3H2,1H3,(H,12,13,15). The van der Waals surface area contributed by atoms with Crippen molar-refractivity contribution in [2.75, 3.05) is 19.0 Å². The second kappa shape index (κ2) is 5.92. The van der Waals surface area contributed by atoms with Gasteiger partial charge in [0.05, 0.1) is 28.6 Å². The van der Waals surface area contributed by atoms with Crippen molar-refractivity contribution in [2.24, 2.45) is 0 Å². The van der Waals surface area contributed by atoms with Crippen LogP contribution in [0.4, 0.5) is 11.5 Å². The molecule has 2 heterocycles. The maximum Gasteiger partial charge on any atom is 0.147 e. The van der Waals surface area contributed by atoms with Gasteiger partial charge in [0.2, 0.25) is 0 Å². The van der Waals surface area contributed by atoms with Gasteiger partial charge in [0.25, 0.3) is 0 Å². The van der Waals surface area contributed by atoms with E-state index in [-0.39, 0.29) is 0 Å². The molecule has 0 bridgehead atoms. The van der Waals surface area contributed by atoms with E-state index in [1.807, 2.05) is 10.9 Å². The molecule has 0 saturated heterocycles. The van der Waals surface area contributed by atoms with Gasteiger partial charge in [-0.05, 0) is 22.6 Å². The lowest BCUT2D eigenvalue weighted by molar-refractivity contribution is 0.183. The Morgan fingerprint density at radius 1 is 1.47 bits per heavy atom. The molecule has 90 valence electrons. The summed E-state index contributed by atoms with van der Waals surface area (Å²) in [5, 5.41) is 7.39. The van der Waals surface area contributed by atoms with Crippen molar-refractivity contribution in [2.45, 2.75) is 6.54 Å². The molecular formula is C10H12IN5O.